The molecule has 0 aliphatic rings. The van der Waals surface area contributed by atoms with Crippen molar-refractivity contribution in [1.29, 1.82) is 5.26 Å². The Kier molecular flexibility index (Phi) is 6.30. The fourth-order valence-electron chi connectivity index (χ4n) is 2.79. The van der Waals surface area contributed by atoms with Crippen LogP contribution in [0.4, 0.5) is 0 Å². The van der Waals surface area contributed by atoms with Gasteiger partial charge in [-0.15, -0.1) is 0 Å². The van der Waals surface area contributed by atoms with Crippen molar-refractivity contribution < 1.29 is 4.42 Å². The molecule has 4 rings (SSSR count). The van der Waals surface area contributed by atoms with Gasteiger partial charge in [0.15, 0.2) is 0 Å². The van der Waals surface area contributed by atoms with Gasteiger partial charge >= 0.3 is 11.5 Å². The van der Waals surface area contributed by atoms with Crippen molar-refractivity contribution in [2.45, 2.75) is 0 Å². The molecule has 0 bridgehead atoms. The minimum atomic E-state index is 0.871. The smallest absolute Gasteiger partial charge is 0.361 e. The maximum Gasteiger partial charge on any atom is 0.361 e. The molecule has 3 aromatic carbocycles. The average Bonchev–Trinajstić information content (AvgIpc) is 2.76. The zero-order valence-corrected chi connectivity index (χ0v) is 15.4. The highest BCUT2D eigenvalue weighted by Crippen LogP contribution is 2.32. The molecule has 1 heterocycles. The Morgan fingerprint density at radius 3 is 1.26 bits per heavy atom. The van der Waals surface area contributed by atoms with Crippen molar-refractivity contribution in [3.8, 4) is 39.2 Å². The van der Waals surface area contributed by atoms with Crippen molar-refractivity contribution in [2.75, 3.05) is 0 Å². The summed E-state index contributed by atoms with van der Waals surface area (Å²) >= 11 is 3.70. The second-order valence-corrected chi connectivity index (χ2v) is 5.95. The molecule has 27 heavy (non-hydrogen) atoms. The fraction of sp³-hybridized carbons (Fsp3) is 0. The van der Waals surface area contributed by atoms with Crippen molar-refractivity contribution >= 4 is 12.6 Å². The Labute approximate surface area is 164 Å². The number of benzene rings is 3. The van der Waals surface area contributed by atoms with E-state index in [4.69, 9.17) is 9.68 Å². The van der Waals surface area contributed by atoms with E-state index in [9.17, 15) is 0 Å². The monoisotopic (exact) mass is 367 g/mol. The van der Waals surface area contributed by atoms with Crippen LogP contribution in [0.25, 0.3) is 33.8 Å². The van der Waals surface area contributed by atoms with E-state index in [2.05, 4.69) is 73.3 Å². The Balaban J connectivity index is 0.000000659. The van der Waals surface area contributed by atoms with Gasteiger partial charge in [-0.25, -0.2) is 9.68 Å². The Morgan fingerprint density at radius 1 is 0.556 bits per heavy atom. The van der Waals surface area contributed by atoms with Crippen LogP contribution in [0, 0.1) is 10.7 Å². The van der Waals surface area contributed by atoms with Gasteiger partial charge in [-0.1, -0.05) is 72.1 Å². The van der Waals surface area contributed by atoms with Crippen LogP contribution >= 0.6 is 0 Å². The molecule has 0 saturated heterocycles. The van der Waals surface area contributed by atoms with Gasteiger partial charge in [0.1, 0.15) is 0 Å². The normalized spacial score (nSPS) is 9.59. The molecule has 0 unspecified atom stereocenters. The maximum atomic E-state index is 7.13. The van der Waals surface area contributed by atoms with Crippen LogP contribution in [0.2, 0.25) is 0 Å². The number of nitrogens with zero attached hydrogens (tertiary/aromatic N) is 1. The van der Waals surface area contributed by atoms with E-state index in [1.807, 2.05) is 42.5 Å². The third-order valence-corrected chi connectivity index (χ3v) is 4.02. The van der Waals surface area contributed by atoms with Crippen LogP contribution in [0.5, 0.6) is 0 Å². The largest absolute Gasteiger partial charge is 0.696 e. The van der Waals surface area contributed by atoms with Crippen molar-refractivity contribution in [3.63, 3.8) is 0 Å². The number of nitriles is 1. The van der Waals surface area contributed by atoms with Gasteiger partial charge in [-0.3, -0.25) is 0 Å². The highest BCUT2D eigenvalue weighted by atomic mass is 32.1. The second kappa shape index (κ2) is 9.28. The summed E-state index contributed by atoms with van der Waals surface area (Å²) in [7, 11) is 0. The summed E-state index contributed by atoms with van der Waals surface area (Å²) in [5.41, 5.74) is 4.49. The number of hydrogen-bond acceptors (Lipinski definition) is 2. The van der Waals surface area contributed by atoms with Gasteiger partial charge in [-0.2, -0.15) is 0 Å². The molecule has 0 N–H and O–H groups in total. The first-order valence-electron chi connectivity index (χ1n) is 8.47. The SMILES string of the molecule is N#C[S-].c1ccc(-c2cc(-c3ccccc3)[o+]c(-c3ccccc3)c2)cc1. The van der Waals surface area contributed by atoms with Gasteiger partial charge in [0.05, 0.1) is 23.3 Å². The van der Waals surface area contributed by atoms with Gasteiger partial charge in [-0.05, 0) is 29.8 Å². The number of hydrogen-bond donors (Lipinski definition) is 0. The van der Waals surface area contributed by atoms with Crippen LogP contribution in [-0.4, -0.2) is 0 Å². The van der Waals surface area contributed by atoms with E-state index >= 15 is 0 Å². The van der Waals surface area contributed by atoms with Gasteiger partial charge in [0, 0.05) is 5.56 Å². The molecule has 130 valence electrons. The minimum Gasteiger partial charge on any atom is -0.696 e. The Hall–Kier alpha value is -3.48. The lowest BCUT2D eigenvalue weighted by atomic mass is 10.0. The highest BCUT2D eigenvalue weighted by Gasteiger charge is 2.20. The summed E-state index contributed by atoms with van der Waals surface area (Å²) in [5, 5.41) is 8.47. The summed E-state index contributed by atoms with van der Waals surface area (Å²) in [6.45, 7) is 0. The molecule has 3 heteroatoms. The van der Waals surface area contributed by atoms with Gasteiger partial charge in [0.25, 0.3) is 0 Å². The summed E-state index contributed by atoms with van der Waals surface area (Å²) in [4.78, 5) is 0. The lowest BCUT2D eigenvalue weighted by molar-refractivity contribution is 0.582. The first kappa shape index (κ1) is 18.3. The number of thiocyanates is 1. The van der Waals surface area contributed by atoms with E-state index in [0.29, 0.717) is 0 Å². The van der Waals surface area contributed by atoms with Gasteiger partial charge in [0.2, 0.25) is 0 Å². The fourth-order valence-corrected chi connectivity index (χ4v) is 2.79. The van der Waals surface area contributed by atoms with E-state index in [1.165, 1.54) is 11.0 Å². The van der Waals surface area contributed by atoms with Crippen LogP contribution < -0.4 is 0 Å². The third-order valence-electron chi connectivity index (χ3n) is 4.02. The summed E-state index contributed by atoms with van der Waals surface area (Å²) in [5.74, 6) is 1.74. The predicted octanol–water partition coefficient (Wildman–Crippen LogP) is 6.58. The topological polar surface area (TPSA) is 35.1 Å². The molecule has 1 aromatic heterocycles. The number of rotatable bonds is 3. The highest BCUT2D eigenvalue weighted by molar-refractivity contribution is 7.64. The van der Waals surface area contributed by atoms with Crippen molar-refractivity contribution in [2.24, 2.45) is 0 Å². The second-order valence-electron chi connectivity index (χ2n) is 5.76. The van der Waals surface area contributed by atoms with Crippen LogP contribution in [-0.2, 0) is 12.6 Å². The minimum absolute atomic E-state index is 0.871. The first-order chi connectivity index (χ1) is 13.3. The van der Waals surface area contributed by atoms with Crippen LogP contribution in [0.1, 0.15) is 0 Å². The predicted molar refractivity (Wildman–Crippen MR) is 112 cm³/mol. The molecule has 2 nitrogen and oxygen atoms in total. The summed E-state index contributed by atoms with van der Waals surface area (Å²) < 4.78 is 6.21. The average molecular weight is 367 g/mol. The standard InChI is InChI=1S/C23H17O.CHNS/c1-4-10-18(11-5-1)21-16-22(19-12-6-2-7-13-19)24-23(17-21)20-14-8-3-9-15-20;2-1-3/h1-17H;3H/q+1;/p-1. The van der Waals surface area contributed by atoms with E-state index in [-0.39, 0.29) is 0 Å². The van der Waals surface area contributed by atoms with Crippen LogP contribution in [0.15, 0.2) is 108 Å². The van der Waals surface area contributed by atoms with Gasteiger partial charge < -0.3 is 12.6 Å². The van der Waals surface area contributed by atoms with Crippen molar-refractivity contribution in [3.05, 3.63) is 103 Å². The molecule has 0 spiro atoms. The molecular formula is C24H17NOS. The first-order valence-corrected chi connectivity index (χ1v) is 8.88. The quantitative estimate of drug-likeness (QED) is 0.233. The van der Waals surface area contributed by atoms with Crippen molar-refractivity contribution in [1.82, 2.24) is 0 Å². The zero-order valence-electron chi connectivity index (χ0n) is 14.6. The molecular weight excluding hydrogens is 350 g/mol. The molecule has 0 saturated carbocycles. The molecule has 0 fully saturated rings. The Bertz CT molecular complexity index is 887. The maximum absolute atomic E-state index is 7.13. The lowest BCUT2D eigenvalue weighted by Crippen LogP contribution is -1.85. The molecule has 4 aromatic rings. The molecule has 0 aliphatic carbocycles. The summed E-state index contributed by atoms with van der Waals surface area (Å²) in [6, 6.07) is 35.1. The third kappa shape index (κ3) is 4.78. The zero-order chi connectivity index (χ0) is 18.9. The van der Waals surface area contributed by atoms with E-state index < -0.39 is 0 Å². The lowest BCUT2D eigenvalue weighted by Gasteiger charge is -2.02. The summed E-state index contributed by atoms with van der Waals surface area (Å²) in [6.07, 6.45) is 0. The molecule has 0 atom stereocenters. The van der Waals surface area contributed by atoms with Crippen LogP contribution in [0.3, 0.4) is 0 Å². The Morgan fingerprint density at radius 2 is 0.889 bits per heavy atom. The molecule has 0 aliphatic heterocycles. The molecule has 0 amide bonds. The molecule has 0 radical (unpaired) electrons. The van der Waals surface area contributed by atoms with E-state index in [1.54, 1.807) is 0 Å². The van der Waals surface area contributed by atoms with E-state index in [0.717, 1.165) is 28.2 Å².